The molecule has 2 heterocycles. The second kappa shape index (κ2) is 7.44. The number of aromatic nitrogens is 3. The second-order valence-electron chi connectivity index (χ2n) is 6.65. The Bertz CT molecular complexity index is 1330. The van der Waals surface area contributed by atoms with Crippen LogP contribution in [0.1, 0.15) is 15.9 Å². The summed E-state index contributed by atoms with van der Waals surface area (Å²) in [6.07, 6.45) is 1.96. The molecule has 2 aromatic carbocycles. The number of nitriles is 1. The number of carbonyl (C=O) groups is 1. The molecule has 0 fully saturated rings. The van der Waals surface area contributed by atoms with Gasteiger partial charge in [-0.25, -0.2) is 9.78 Å². The fraction of sp³-hybridized carbons (Fsp3) is 0.0909. The first-order valence-electron chi connectivity index (χ1n) is 8.97. The van der Waals surface area contributed by atoms with E-state index in [1.54, 1.807) is 49.6 Å². The van der Waals surface area contributed by atoms with Crippen molar-refractivity contribution in [3.05, 3.63) is 82.4 Å². The molecule has 0 unspecified atom stereocenters. The predicted octanol–water partition coefficient (Wildman–Crippen LogP) is 3.25. The molecule has 7 nitrogen and oxygen atoms in total. The maximum Gasteiger partial charge on any atom is 0.327 e. The first-order chi connectivity index (χ1) is 14.0. The molecular weight excluding hydrogens is 366 g/mol. The SMILES string of the molecule is Cn1c(=O)[nH]c2ncc(-c3cccc(C(=O)Nc4cccc(CC#N)c4)c3)cc21. The Morgan fingerprint density at radius 1 is 1.17 bits per heavy atom. The number of fused-ring (bicyclic) bond motifs is 1. The molecule has 7 heteroatoms. The molecule has 0 saturated carbocycles. The minimum Gasteiger partial charge on any atom is -0.322 e. The molecule has 29 heavy (non-hydrogen) atoms. The molecule has 2 N–H and O–H groups in total. The summed E-state index contributed by atoms with van der Waals surface area (Å²) < 4.78 is 1.50. The Balaban J connectivity index is 1.62. The van der Waals surface area contributed by atoms with Crippen molar-refractivity contribution in [1.29, 1.82) is 5.26 Å². The number of rotatable bonds is 4. The fourth-order valence-electron chi connectivity index (χ4n) is 3.15. The van der Waals surface area contributed by atoms with Crippen LogP contribution in [0.25, 0.3) is 22.3 Å². The van der Waals surface area contributed by atoms with Crippen molar-refractivity contribution in [2.24, 2.45) is 7.05 Å². The summed E-state index contributed by atoms with van der Waals surface area (Å²) in [5, 5.41) is 11.7. The highest BCUT2D eigenvalue weighted by molar-refractivity contribution is 6.05. The number of nitrogens with zero attached hydrogens (tertiary/aromatic N) is 3. The third kappa shape index (κ3) is 3.64. The number of aryl methyl sites for hydroxylation is 1. The van der Waals surface area contributed by atoms with Crippen LogP contribution in [0.2, 0.25) is 0 Å². The van der Waals surface area contributed by atoms with E-state index in [-0.39, 0.29) is 18.0 Å². The molecule has 0 atom stereocenters. The second-order valence-corrected chi connectivity index (χ2v) is 6.65. The van der Waals surface area contributed by atoms with E-state index in [1.807, 2.05) is 18.2 Å². The summed E-state index contributed by atoms with van der Waals surface area (Å²) in [6.45, 7) is 0. The number of imidazole rings is 1. The predicted molar refractivity (Wildman–Crippen MR) is 110 cm³/mol. The summed E-state index contributed by atoms with van der Waals surface area (Å²) >= 11 is 0. The topological polar surface area (TPSA) is 104 Å². The molecule has 142 valence electrons. The highest BCUT2D eigenvalue weighted by Crippen LogP contribution is 2.23. The molecule has 4 rings (SSSR count). The van der Waals surface area contributed by atoms with Gasteiger partial charge in [-0.3, -0.25) is 14.3 Å². The minimum atomic E-state index is -0.246. The molecule has 1 amide bonds. The highest BCUT2D eigenvalue weighted by Gasteiger charge is 2.10. The number of anilines is 1. The fourth-order valence-corrected chi connectivity index (χ4v) is 3.15. The van der Waals surface area contributed by atoms with Crippen molar-refractivity contribution in [1.82, 2.24) is 14.5 Å². The van der Waals surface area contributed by atoms with Crippen LogP contribution in [0.5, 0.6) is 0 Å². The van der Waals surface area contributed by atoms with Gasteiger partial charge in [0.2, 0.25) is 0 Å². The van der Waals surface area contributed by atoms with Crippen LogP contribution >= 0.6 is 0 Å². The van der Waals surface area contributed by atoms with Crippen LogP contribution in [0.3, 0.4) is 0 Å². The first-order valence-corrected chi connectivity index (χ1v) is 8.97. The third-order valence-electron chi connectivity index (χ3n) is 4.69. The molecule has 0 aliphatic rings. The molecule has 0 bridgehead atoms. The molecular formula is C22H17N5O2. The van der Waals surface area contributed by atoms with Crippen LogP contribution in [0.4, 0.5) is 5.69 Å². The van der Waals surface area contributed by atoms with Crippen molar-refractivity contribution in [3.8, 4) is 17.2 Å². The van der Waals surface area contributed by atoms with Gasteiger partial charge in [-0.05, 0) is 41.5 Å². The Labute approximate surface area is 166 Å². The summed E-state index contributed by atoms with van der Waals surface area (Å²) in [4.78, 5) is 31.5. The maximum atomic E-state index is 12.7. The largest absolute Gasteiger partial charge is 0.327 e. The van der Waals surface area contributed by atoms with Gasteiger partial charge in [-0.15, -0.1) is 0 Å². The van der Waals surface area contributed by atoms with Gasteiger partial charge in [0.1, 0.15) is 0 Å². The number of H-pyrrole nitrogens is 1. The lowest BCUT2D eigenvalue weighted by molar-refractivity contribution is 0.102. The number of carbonyl (C=O) groups excluding carboxylic acids is 1. The summed E-state index contributed by atoms with van der Waals surface area (Å²) in [5.41, 5.74) is 4.59. The molecule has 2 aromatic heterocycles. The summed E-state index contributed by atoms with van der Waals surface area (Å²) in [6, 6.07) is 18.4. The van der Waals surface area contributed by atoms with E-state index in [4.69, 9.17) is 5.26 Å². The zero-order valence-electron chi connectivity index (χ0n) is 15.6. The van der Waals surface area contributed by atoms with Gasteiger partial charge in [0.15, 0.2) is 5.65 Å². The zero-order chi connectivity index (χ0) is 20.4. The number of hydrogen-bond donors (Lipinski definition) is 2. The van der Waals surface area contributed by atoms with Crippen LogP contribution in [0.15, 0.2) is 65.6 Å². The van der Waals surface area contributed by atoms with E-state index in [1.165, 1.54) is 4.57 Å². The average Bonchev–Trinajstić information content (AvgIpc) is 3.02. The van der Waals surface area contributed by atoms with Crippen LogP contribution < -0.4 is 11.0 Å². The van der Waals surface area contributed by atoms with Crippen molar-refractivity contribution in [2.75, 3.05) is 5.32 Å². The smallest absolute Gasteiger partial charge is 0.322 e. The number of nitrogens with one attached hydrogen (secondary N) is 2. The van der Waals surface area contributed by atoms with Gasteiger partial charge in [0, 0.05) is 30.1 Å². The van der Waals surface area contributed by atoms with E-state index in [0.29, 0.717) is 22.4 Å². The van der Waals surface area contributed by atoms with E-state index in [2.05, 4.69) is 21.4 Å². The molecule has 0 spiro atoms. The zero-order valence-corrected chi connectivity index (χ0v) is 15.6. The van der Waals surface area contributed by atoms with Crippen LogP contribution in [0, 0.1) is 11.3 Å². The number of benzene rings is 2. The lowest BCUT2D eigenvalue weighted by Gasteiger charge is -2.08. The Morgan fingerprint density at radius 2 is 2.00 bits per heavy atom. The van der Waals surface area contributed by atoms with Crippen molar-refractivity contribution in [3.63, 3.8) is 0 Å². The van der Waals surface area contributed by atoms with Crippen LogP contribution in [-0.4, -0.2) is 20.4 Å². The third-order valence-corrected chi connectivity index (χ3v) is 4.69. The number of hydrogen-bond acceptors (Lipinski definition) is 4. The van der Waals surface area contributed by atoms with Crippen LogP contribution in [-0.2, 0) is 13.5 Å². The number of aromatic amines is 1. The van der Waals surface area contributed by atoms with Gasteiger partial charge in [0.25, 0.3) is 5.91 Å². The van der Waals surface area contributed by atoms with E-state index < -0.39 is 0 Å². The maximum absolute atomic E-state index is 12.7. The molecule has 0 aliphatic carbocycles. The van der Waals surface area contributed by atoms with Gasteiger partial charge in [-0.1, -0.05) is 24.3 Å². The molecule has 0 aliphatic heterocycles. The van der Waals surface area contributed by atoms with Crippen molar-refractivity contribution >= 4 is 22.8 Å². The van der Waals surface area contributed by atoms with Gasteiger partial charge in [-0.2, -0.15) is 5.26 Å². The molecule has 0 saturated heterocycles. The normalized spacial score (nSPS) is 10.6. The van der Waals surface area contributed by atoms with E-state index in [9.17, 15) is 9.59 Å². The molecule has 0 radical (unpaired) electrons. The first kappa shape index (κ1) is 18.2. The highest BCUT2D eigenvalue weighted by atomic mass is 16.2. The monoisotopic (exact) mass is 383 g/mol. The Kier molecular flexibility index (Phi) is 4.67. The Hall–Kier alpha value is -4.18. The minimum absolute atomic E-state index is 0.226. The number of amides is 1. The van der Waals surface area contributed by atoms with Crippen molar-refractivity contribution < 1.29 is 4.79 Å². The number of pyridine rings is 1. The van der Waals surface area contributed by atoms with E-state index in [0.717, 1.165) is 16.7 Å². The quantitative estimate of drug-likeness (QED) is 0.564. The molecule has 4 aromatic rings. The lowest BCUT2D eigenvalue weighted by Crippen LogP contribution is -2.12. The van der Waals surface area contributed by atoms with Gasteiger partial charge < -0.3 is 5.32 Å². The van der Waals surface area contributed by atoms with Crippen molar-refractivity contribution in [2.45, 2.75) is 6.42 Å². The van der Waals surface area contributed by atoms with Gasteiger partial charge in [0.05, 0.1) is 18.0 Å². The standard InChI is InChI=1S/C22H17N5O2/c1-27-19-12-17(13-24-20(19)26-22(27)29)15-5-3-6-16(11-15)21(28)25-18-7-2-4-14(10-18)8-9-23/h2-7,10-13H,8H2,1H3,(H,25,28)(H,24,26,29). The Morgan fingerprint density at radius 3 is 2.83 bits per heavy atom. The summed E-state index contributed by atoms with van der Waals surface area (Å²) in [5.74, 6) is -0.246. The van der Waals surface area contributed by atoms with Gasteiger partial charge >= 0.3 is 5.69 Å². The lowest BCUT2D eigenvalue weighted by atomic mass is 10.0. The van der Waals surface area contributed by atoms with E-state index >= 15 is 0 Å². The summed E-state index contributed by atoms with van der Waals surface area (Å²) in [7, 11) is 1.68. The average molecular weight is 383 g/mol.